The number of aromatic nitrogens is 2. The van der Waals surface area contributed by atoms with Crippen LogP contribution in [0.2, 0.25) is 0 Å². The number of carbonyl (C=O) groups is 2. The van der Waals surface area contributed by atoms with Crippen LogP contribution in [-0.4, -0.2) is 57.8 Å². The normalized spacial score (nSPS) is 14.8. The largest absolute Gasteiger partial charge is 0.339 e. The van der Waals surface area contributed by atoms with Crippen LogP contribution in [0.25, 0.3) is 10.7 Å². The molecule has 7 heteroatoms. The lowest BCUT2D eigenvalue weighted by Gasteiger charge is -2.34. The third-order valence-corrected chi connectivity index (χ3v) is 5.35. The van der Waals surface area contributed by atoms with E-state index in [0.29, 0.717) is 32.6 Å². The van der Waals surface area contributed by atoms with Crippen molar-refractivity contribution in [2.75, 3.05) is 26.2 Å². The van der Waals surface area contributed by atoms with Crippen molar-refractivity contribution in [3.8, 4) is 10.7 Å². The third-order valence-electron chi connectivity index (χ3n) is 4.17. The van der Waals surface area contributed by atoms with E-state index in [4.69, 9.17) is 0 Å². The average Bonchev–Trinajstić information content (AvgIpc) is 2.96. The average molecular weight is 344 g/mol. The molecule has 3 heterocycles. The Morgan fingerprint density at radius 2 is 1.88 bits per heavy atom. The Morgan fingerprint density at radius 1 is 1.17 bits per heavy atom. The molecule has 126 valence electrons. The first kappa shape index (κ1) is 16.6. The van der Waals surface area contributed by atoms with E-state index in [1.165, 1.54) is 11.3 Å². The van der Waals surface area contributed by atoms with Gasteiger partial charge in [0.05, 0.1) is 17.8 Å². The highest BCUT2D eigenvalue weighted by Gasteiger charge is 2.23. The lowest BCUT2D eigenvalue weighted by Crippen LogP contribution is -2.50. The van der Waals surface area contributed by atoms with Crippen LogP contribution in [0.4, 0.5) is 0 Å². The zero-order valence-corrected chi connectivity index (χ0v) is 14.7. The van der Waals surface area contributed by atoms with Crippen LogP contribution in [0.3, 0.4) is 0 Å². The van der Waals surface area contributed by atoms with Crippen molar-refractivity contribution in [2.24, 2.45) is 0 Å². The summed E-state index contributed by atoms with van der Waals surface area (Å²) in [4.78, 5) is 37.3. The number of aryl methyl sites for hydroxylation is 1. The maximum absolute atomic E-state index is 12.5. The van der Waals surface area contributed by atoms with Gasteiger partial charge in [-0.1, -0.05) is 6.07 Å². The molecule has 2 amide bonds. The van der Waals surface area contributed by atoms with E-state index in [1.807, 2.05) is 30.0 Å². The van der Waals surface area contributed by atoms with E-state index >= 15 is 0 Å². The minimum atomic E-state index is 0.0698. The molecule has 0 aromatic carbocycles. The fourth-order valence-corrected chi connectivity index (χ4v) is 3.74. The van der Waals surface area contributed by atoms with E-state index in [9.17, 15) is 9.59 Å². The summed E-state index contributed by atoms with van der Waals surface area (Å²) in [6, 6.07) is 5.72. The topological polar surface area (TPSA) is 66.4 Å². The number of nitrogens with zero attached hydrogens (tertiary/aromatic N) is 4. The molecule has 0 spiro atoms. The van der Waals surface area contributed by atoms with Gasteiger partial charge in [0.2, 0.25) is 11.8 Å². The second kappa shape index (κ2) is 7.09. The molecular formula is C17H20N4O2S. The molecular weight excluding hydrogens is 324 g/mol. The molecule has 1 saturated heterocycles. The highest BCUT2D eigenvalue weighted by molar-refractivity contribution is 7.15. The molecule has 2 aromatic heterocycles. The lowest BCUT2D eigenvalue weighted by molar-refractivity contribution is -0.137. The van der Waals surface area contributed by atoms with Crippen LogP contribution in [-0.2, 0) is 16.0 Å². The molecule has 1 aliphatic rings. The Balaban J connectivity index is 1.65. The van der Waals surface area contributed by atoms with Crippen molar-refractivity contribution in [3.05, 3.63) is 35.0 Å². The molecule has 2 aromatic rings. The van der Waals surface area contributed by atoms with Crippen LogP contribution >= 0.6 is 11.3 Å². The van der Waals surface area contributed by atoms with E-state index in [-0.39, 0.29) is 11.8 Å². The van der Waals surface area contributed by atoms with E-state index in [1.54, 1.807) is 18.0 Å². The number of hydrogen-bond acceptors (Lipinski definition) is 5. The zero-order chi connectivity index (χ0) is 17.1. The summed E-state index contributed by atoms with van der Waals surface area (Å²) < 4.78 is 0. The number of thiazole rings is 1. The van der Waals surface area contributed by atoms with Crippen LogP contribution in [0.1, 0.15) is 17.5 Å². The molecule has 0 N–H and O–H groups in total. The van der Waals surface area contributed by atoms with E-state index in [0.717, 1.165) is 21.3 Å². The Labute approximate surface area is 145 Å². The van der Waals surface area contributed by atoms with Gasteiger partial charge in [-0.2, -0.15) is 0 Å². The number of pyridine rings is 1. The number of amides is 2. The second-order valence-corrected chi connectivity index (χ2v) is 6.89. The van der Waals surface area contributed by atoms with Crippen molar-refractivity contribution < 1.29 is 9.59 Å². The first-order valence-corrected chi connectivity index (χ1v) is 8.77. The van der Waals surface area contributed by atoms with Gasteiger partial charge in [0.15, 0.2) is 0 Å². The highest BCUT2D eigenvalue weighted by Crippen LogP contribution is 2.27. The summed E-state index contributed by atoms with van der Waals surface area (Å²) in [5, 5.41) is 0.845. The number of rotatable bonds is 3. The molecule has 24 heavy (non-hydrogen) atoms. The molecule has 0 bridgehead atoms. The molecule has 0 unspecified atom stereocenters. The SMILES string of the molecule is CC(=O)N1CCN(C(=O)Cc2sc(-c3ccccn3)nc2C)CC1. The van der Waals surface area contributed by atoms with E-state index < -0.39 is 0 Å². The fourth-order valence-electron chi connectivity index (χ4n) is 2.71. The van der Waals surface area contributed by atoms with Gasteiger partial charge in [0, 0.05) is 44.2 Å². The van der Waals surface area contributed by atoms with Gasteiger partial charge >= 0.3 is 0 Å². The summed E-state index contributed by atoms with van der Waals surface area (Å²) in [6.07, 6.45) is 2.10. The lowest BCUT2D eigenvalue weighted by atomic mass is 10.2. The Kier molecular flexibility index (Phi) is 4.89. The van der Waals surface area contributed by atoms with Crippen molar-refractivity contribution in [3.63, 3.8) is 0 Å². The van der Waals surface area contributed by atoms with Crippen molar-refractivity contribution in [1.82, 2.24) is 19.8 Å². The van der Waals surface area contributed by atoms with Crippen LogP contribution < -0.4 is 0 Å². The Hall–Kier alpha value is -2.28. The summed E-state index contributed by atoms with van der Waals surface area (Å²) in [6.45, 7) is 5.92. The quantitative estimate of drug-likeness (QED) is 0.851. The van der Waals surface area contributed by atoms with Crippen LogP contribution in [0, 0.1) is 6.92 Å². The second-order valence-electron chi connectivity index (χ2n) is 5.81. The van der Waals surface area contributed by atoms with Gasteiger partial charge in [-0.25, -0.2) is 4.98 Å². The molecule has 0 aliphatic carbocycles. The van der Waals surface area contributed by atoms with Crippen LogP contribution in [0.15, 0.2) is 24.4 Å². The van der Waals surface area contributed by atoms with Gasteiger partial charge in [-0.15, -0.1) is 11.3 Å². The summed E-state index contributed by atoms with van der Waals surface area (Å²) in [7, 11) is 0. The molecule has 0 atom stereocenters. The van der Waals surface area contributed by atoms with Crippen molar-refractivity contribution in [1.29, 1.82) is 0 Å². The summed E-state index contributed by atoms with van der Waals surface area (Å²) in [5.74, 6) is 0.165. The minimum Gasteiger partial charge on any atom is -0.339 e. The predicted molar refractivity (Wildman–Crippen MR) is 92.6 cm³/mol. The predicted octanol–water partition coefficient (Wildman–Crippen LogP) is 1.75. The smallest absolute Gasteiger partial charge is 0.228 e. The van der Waals surface area contributed by atoms with Gasteiger partial charge in [0.1, 0.15) is 5.01 Å². The zero-order valence-electron chi connectivity index (χ0n) is 13.9. The maximum Gasteiger partial charge on any atom is 0.228 e. The van der Waals surface area contributed by atoms with Crippen molar-refractivity contribution >= 4 is 23.2 Å². The van der Waals surface area contributed by atoms with Gasteiger partial charge < -0.3 is 9.80 Å². The highest BCUT2D eigenvalue weighted by atomic mass is 32.1. The first-order valence-electron chi connectivity index (χ1n) is 7.95. The fraction of sp³-hybridized carbons (Fsp3) is 0.412. The number of piperazine rings is 1. The summed E-state index contributed by atoms with van der Waals surface area (Å²) in [5.41, 5.74) is 1.72. The summed E-state index contributed by atoms with van der Waals surface area (Å²) >= 11 is 1.52. The minimum absolute atomic E-state index is 0.0698. The van der Waals surface area contributed by atoms with E-state index in [2.05, 4.69) is 9.97 Å². The number of carbonyl (C=O) groups excluding carboxylic acids is 2. The molecule has 1 aliphatic heterocycles. The third kappa shape index (κ3) is 3.62. The monoisotopic (exact) mass is 344 g/mol. The molecule has 0 saturated carbocycles. The number of hydrogen-bond donors (Lipinski definition) is 0. The Morgan fingerprint density at radius 3 is 2.50 bits per heavy atom. The molecule has 6 nitrogen and oxygen atoms in total. The molecule has 0 radical (unpaired) electrons. The van der Waals surface area contributed by atoms with Crippen molar-refractivity contribution in [2.45, 2.75) is 20.3 Å². The van der Waals surface area contributed by atoms with Gasteiger partial charge in [-0.3, -0.25) is 14.6 Å². The maximum atomic E-state index is 12.5. The molecule has 1 fully saturated rings. The Bertz CT molecular complexity index is 736. The van der Waals surface area contributed by atoms with Crippen LogP contribution in [0.5, 0.6) is 0 Å². The first-order chi connectivity index (χ1) is 11.5. The molecule has 3 rings (SSSR count). The standard InChI is InChI=1S/C17H20N4O2S/c1-12-15(24-17(19-12)14-5-3-4-6-18-14)11-16(23)21-9-7-20(8-10-21)13(2)22/h3-6H,7-11H2,1-2H3. The van der Waals surface area contributed by atoms with Gasteiger partial charge in [-0.05, 0) is 19.1 Å². The van der Waals surface area contributed by atoms with Gasteiger partial charge in [0.25, 0.3) is 0 Å².